The minimum absolute atomic E-state index is 0.00751. The Kier molecular flexibility index (Phi) is 5.27. The van der Waals surface area contributed by atoms with Gasteiger partial charge in [0.2, 0.25) is 5.91 Å². The highest BCUT2D eigenvalue weighted by Crippen LogP contribution is 2.15. The van der Waals surface area contributed by atoms with Crippen LogP contribution in [0.5, 0.6) is 0 Å². The summed E-state index contributed by atoms with van der Waals surface area (Å²) >= 11 is 6.71. The fraction of sp³-hybridized carbons (Fsp3) is 0.562. The van der Waals surface area contributed by atoms with E-state index in [9.17, 15) is 9.59 Å². The number of hydrogen-bond acceptors (Lipinski definition) is 4. The number of nitrogens with zero attached hydrogens (tertiary/aromatic N) is 2. The summed E-state index contributed by atoms with van der Waals surface area (Å²) in [6.07, 6.45) is 5.56. The van der Waals surface area contributed by atoms with Crippen molar-refractivity contribution in [1.29, 1.82) is 0 Å². The molecular weight excluding hydrogens is 330 g/mol. The van der Waals surface area contributed by atoms with E-state index >= 15 is 0 Å². The Balaban J connectivity index is 1.50. The molecule has 0 saturated carbocycles. The summed E-state index contributed by atoms with van der Waals surface area (Å²) in [6, 6.07) is 1.88. The molecule has 0 radical (unpaired) electrons. The number of H-pyrrole nitrogens is 1. The molecule has 1 fully saturated rings. The van der Waals surface area contributed by atoms with Crippen LogP contribution in [0.4, 0.5) is 0 Å². The fourth-order valence-corrected chi connectivity index (χ4v) is 4.10. The van der Waals surface area contributed by atoms with Crippen molar-refractivity contribution in [1.82, 2.24) is 14.5 Å². The SMILES string of the molecule is O=C(CCCCCn1c(=S)[nH]c2ccsc2c1=O)N1CCCC1. The number of nitrogens with one attached hydrogen (secondary N) is 1. The van der Waals surface area contributed by atoms with Crippen molar-refractivity contribution < 1.29 is 4.79 Å². The van der Waals surface area contributed by atoms with Crippen LogP contribution in [0.25, 0.3) is 10.2 Å². The number of likely N-dealkylation sites (tertiary alicyclic amines) is 1. The minimum atomic E-state index is -0.00751. The maximum Gasteiger partial charge on any atom is 0.272 e. The zero-order chi connectivity index (χ0) is 16.2. The van der Waals surface area contributed by atoms with Crippen LogP contribution in [0.3, 0.4) is 0 Å². The van der Waals surface area contributed by atoms with Gasteiger partial charge in [0.25, 0.3) is 5.56 Å². The third-order valence-electron chi connectivity index (χ3n) is 4.32. The molecular formula is C16H21N3O2S2. The number of aromatic amines is 1. The number of carbonyl (C=O) groups excluding carboxylic acids is 1. The first-order valence-electron chi connectivity index (χ1n) is 8.15. The van der Waals surface area contributed by atoms with E-state index in [-0.39, 0.29) is 11.5 Å². The van der Waals surface area contributed by atoms with Gasteiger partial charge in [0.05, 0.1) is 5.52 Å². The van der Waals surface area contributed by atoms with Gasteiger partial charge >= 0.3 is 0 Å². The summed E-state index contributed by atoms with van der Waals surface area (Å²) in [7, 11) is 0. The molecule has 1 saturated heterocycles. The van der Waals surface area contributed by atoms with Crippen LogP contribution in [0.1, 0.15) is 38.5 Å². The van der Waals surface area contributed by atoms with Gasteiger partial charge in [0.15, 0.2) is 4.77 Å². The number of thiophene rings is 1. The topological polar surface area (TPSA) is 58.1 Å². The van der Waals surface area contributed by atoms with E-state index < -0.39 is 0 Å². The quantitative estimate of drug-likeness (QED) is 0.642. The smallest absolute Gasteiger partial charge is 0.272 e. The monoisotopic (exact) mass is 351 g/mol. The van der Waals surface area contributed by atoms with Crippen LogP contribution in [0.2, 0.25) is 0 Å². The molecule has 3 heterocycles. The standard InChI is InChI=1S/C16H21N3O2S2/c20-13(18-8-4-5-9-18)6-2-1-3-10-19-15(21)14-12(7-11-23-14)17-16(19)22/h7,11H,1-6,8-10H2,(H,17,22). The molecule has 2 aromatic heterocycles. The van der Waals surface area contributed by atoms with Crippen LogP contribution in [0.15, 0.2) is 16.2 Å². The lowest BCUT2D eigenvalue weighted by molar-refractivity contribution is -0.130. The van der Waals surface area contributed by atoms with Crippen molar-refractivity contribution in [2.24, 2.45) is 0 Å². The summed E-state index contributed by atoms with van der Waals surface area (Å²) in [5.74, 6) is 0.275. The number of amides is 1. The van der Waals surface area contributed by atoms with Crippen molar-refractivity contribution in [3.8, 4) is 0 Å². The molecule has 0 spiro atoms. The van der Waals surface area contributed by atoms with Crippen molar-refractivity contribution in [2.75, 3.05) is 13.1 Å². The van der Waals surface area contributed by atoms with Crippen LogP contribution in [0, 0.1) is 4.77 Å². The second kappa shape index (κ2) is 7.40. The highest BCUT2D eigenvalue weighted by Gasteiger charge is 2.16. The molecule has 5 nitrogen and oxygen atoms in total. The number of rotatable bonds is 6. The van der Waals surface area contributed by atoms with Gasteiger partial charge in [-0.3, -0.25) is 14.2 Å². The Bertz CT molecular complexity index is 799. The number of carbonyl (C=O) groups is 1. The van der Waals surface area contributed by atoms with E-state index in [4.69, 9.17) is 12.2 Å². The van der Waals surface area contributed by atoms with Gasteiger partial charge in [-0.15, -0.1) is 11.3 Å². The second-order valence-electron chi connectivity index (χ2n) is 5.95. The van der Waals surface area contributed by atoms with Crippen LogP contribution in [-0.2, 0) is 11.3 Å². The molecule has 7 heteroatoms. The normalized spacial score (nSPS) is 14.7. The van der Waals surface area contributed by atoms with E-state index in [1.165, 1.54) is 11.3 Å². The van der Waals surface area contributed by atoms with Gasteiger partial charge in [-0.05, 0) is 49.3 Å². The van der Waals surface area contributed by atoms with Gasteiger partial charge < -0.3 is 9.88 Å². The molecule has 1 aliphatic heterocycles. The molecule has 3 rings (SSSR count). The van der Waals surface area contributed by atoms with Gasteiger partial charge in [0.1, 0.15) is 4.70 Å². The van der Waals surface area contributed by atoms with Crippen molar-refractivity contribution in [3.05, 3.63) is 26.6 Å². The molecule has 0 atom stereocenters. The third-order valence-corrected chi connectivity index (χ3v) is 5.55. The molecule has 1 aliphatic rings. The fourth-order valence-electron chi connectivity index (χ4n) is 3.02. The zero-order valence-electron chi connectivity index (χ0n) is 13.0. The summed E-state index contributed by atoms with van der Waals surface area (Å²) in [6.45, 7) is 2.45. The van der Waals surface area contributed by atoms with E-state index in [1.807, 2.05) is 16.3 Å². The van der Waals surface area contributed by atoms with Gasteiger partial charge in [-0.25, -0.2) is 0 Å². The minimum Gasteiger partial charge on any atom is -0.343 e. The molecule has 124 valence electrons. The van der Waals surface area contributed by atoms with Crippen molar-refractivity contribution in [3.63, 3.8) is 0 Å². The molecule has 1 N–H and O–H groups in total. The molecule has 2 aromatic rings. The predicted molar refractivity (Wildman–Crippen MR) is 95.6 cm³/mol. The van der Waals surface area contributed by atoms with E-state index in [2.05, 4.69) is 4.98 Å². The van der Waals surface area contributed by atoms with Crippen LogP contribution >= 0.6 is 23.6 Å². The number of hydrogen-bond donors (Lipinski definition) is 1. The Morgan fingerprint density at radius 1 is 1.26 bits per heavy atom. The summed E-state index contributed by atoms with van der Waals surface area (Å²) in [4.78, 5) is 29.4. The maximum atomic E-state index is 12.4. The number of aromatic nitrogens is 2. The molecule has 23 heavy (non-hydrogen) atoms. The van der Waals surface area contributed by atoms with Gasteiger partial charge in [-0.1, -0.05) is 6.42 Å². The second-order valence-corrected chi connectivity index (χ2v) is 7.25. The lowest BCUT2D eigenvalue weighted by Gasteiger charge is -2.14. The Hall–Kier alpha value is -1.47. The average Bonchev–Trinajstić information content (AvgIpc) is 3.20. The van der Waals surface area contributed by atoms with Crippen molar-refractivity contribution in [2.45, 2.75) is 45.1 Å². The summed E-state index contributed by atoms with van der Waals surface area (Å²) in [5.41, 5.74) is 0.810. The zero-order valence-corrected chi connectivity index (χ0v) is 14.7. The number of fused-ring (bicyclic) bond motifs is 1. The van der Waals surface area contributed by atoms with Gasteiger partial charge in [-0.2, -0.15) is 0 Å². The average molecular weight is 351 g/mol. The summed E-state index contributed by atoms with van der Waals surface area (Å²) < 4.78 is 2.84. The first-order chi connectivity index (χ1) is 11.2. The van der Waals surface area contributed by atoms with Crippen LogP contribution < -0.4 is 5.56 Å². The number of unbranched alkanes of at least 4 members (excludes halogenated alkanes) is 2. The lowest BCUT2D eigenvalue weighted by Crippen LogP contribution is -2.27. The molecule has 0 unspecified atom stereocenters. The van der Waals surface area contributed by atoms with Crippen molar-refractivity contribution >= 4 is 39.7 Å². The largest absolute Gasteiger partial charge is 0.343 e. The highest BCUT2D eigenvalue weighted by molar-refractivity contribution is 7.71. The van der Waals surface area contributed by atoms with Crippen LogP contribution in [-0.4, -0.2) is 33.4 Å². The molecule has 0 aromatic carbocycles. The third kappa shape index (κ3) is 3.72. The lowest BCUT2D eigenvalue weighted by atomic mass is 10.2. The molecule has 0 bridgehead atoms. The first-order valence-corrected chi connectivity index (χ1v) is 9.44. The van der Waals surface area contributed by atoms with Gasteiger partial charge in [0, 0.05) is 26.1 Å². The molecule has 1 amide bonds. The van der Waals surface area contributed by atoms with E-state index in [1.54, 1.807) is 4.57 Å². The van der Waals surface area contributed by atoms with E-state index in [0.717, 1.165) is 55.4 Å². The Morgan fingerprint density at radius 2 is 2.04 bits per heavy atom. The Morgan fingerprint density at radius 3 is 2.83 bits per heavy atom. The summed E-state index contributed by atoms with van der Waals surface area (Å²) in [5, 5.41) is 1.89. The Labute approximate surface area is 143 Å². The predicted octanol–water partition coefficient (Wildman–Crippen LogP) is 3.30. The highest BCUT2D eigenvalue weighted by atomic mass is 32.1. The maximum absolute atomic E-state index is 12.4. The first kappa shape index (κ1) is 16.4. The molecule has 0 aliphatic carbocycles. The van der Waals surface area contributed by atoms with E-state index in [0.29, 0.717) is 17.7 Å².